The fraction of sp³-hybridized carbons (Fsp3) is 0.359. The number of methoxy groups -OCH3 is 1. The van der Waals surface area contributed by atoms with Crippen molar-refractivity contribution in [1.82, 2.24) is 10.6 Å². The van der Waals surface area contributed by atoms with Crippen molar-refractivity contribution in [3.8, 4) is 17.2 Å². The molecule has 286 valence electrons. The number of aliphatic imine (C=N–C) groups is 1. The van der Waals surface area contributed by atoms with Gasteiger partial charge in [-0.05, 0) is 60.6 Å². The van der Waals surface area contributed by atoms with Crippen LogP contribution >= 0.6 is 0 Å². The molecule has 5 atom stereocenters. The standard InChI is InChI=1S/C39H45N5O10/c1-42-38(41)44-18-26-22(9-8-20-6-4-3-5-7-20)15-24-31(33(26)47)34(48)30-25(32(24)46)16-23(52-2)17-27(30)53-37-35(49)36(50)39(51,28(19-45)54-37)12-10-21-11-13-43-29(40)14-21/h3-7,11,14-17,28,35-37,43,45,47,49-51H,8-10,12-13,18-19,40H2,1-2H3,(H3,41,42,44)/t28-,35-,36-,37-,39-/m1/s1. The van der Waals surface area contributed by atoms with E-state index in [1.54, 1.807) is 12.1 Å². The molecule has 2 aliphatic heterocycles. The molecule has 6 rings (SSSR count). The van der Waals surface area contributed by atoms with Gasteiger partial charge in [0.25, 0.3) is 0 Å². The van der Waals surface area contributed by atoms with Crippen LogP contribution in [0.25, 0.3) is 0 Å². The van der Waals surface area contributed by atoms with E-state index in [0.717, 1.165) is 11.1 Å². The number of guanidine groups is 1. The van der Waals surface area contributed by atoms with E-state index >= 15 is 0 Å². The number of phenols is 1. The van der Waals surface area contributed by atoms with E-state index in [9.17, 15) is 35.1 Å². The Morgan fingerprint density at radius 2 is 1.81 bits per heavy atom. The normalized spacial score (nSPS) is 23.8. The molecule has 0 saturated carbocycles. The number of dihydropyridines is 1. The molecule has 3 aromatic rings. The van der Waals surface area contributed by atoms with Crippen molar-refractivity contribution in [2.75, 3.05) is 27.3 Å². The third kappa shape index (κ3) is 7.36. The number of aromatic hydroxyl groups is 1. The molecule has 2 heterocycles. The maximum absolute atomic E-state index is 14.4. The van der Waals surface area contributed by atoms with Gasteiger partial charge >= 0.3 is 0 Å². The van der Waals surface area contributed by atoms with Gasteiger partial charge in [-0.2, -0.15) is 0 Å². The van der Waals surface area contributed by atoms with Gasteiger partial charge in [-0.1, -0.05) is 36.4 Å². The zero-order valence-electron chi connectivity index (χ0n) is 29.9. The molecule has 0 bridgehead atoms. The van der Waals surface area contributed by atoms with Gasteiger partial charge in [0.05, 0.1) is 30.7 Å². The van der Waals surface area contributed by atoms with Crippen LogP contribution in [0.1, 0.15) is 61.4 Å². The summed E-state index contributed by atoms with van der Waals surface area (Å²) in [5.74, 6) is -1.38. The Labute approximate surface area is 311 Å². The number of aliphatic hydroxyl groups excluding tert-OH is 3. The second-order valence-corrected chi connectivity index (χ2v) is 13.4. The second kappa shape index (κ2) is 15.9. The highest BCUT2D eigenvalue weighted by atomic mass is 16.7. The van der Waals surface area contributed by atoms with Crippen molar-refractivity contribution in [2.45, 2.75) is 62.4 Å². The Hall–Kier alpha value is -5.45. The van der Waals surface area contributed by atoms with Gasteiger partial charge in [0, 0.05) is 42.9 Å². The minimum Gasteiger partial charge on any atom is -0.507 e. The van der Waals surface area contributed by atoms with Crippen molar-refractivity contribution in [1.29, 1.82) is 0 Å². The number of hydrogen-bond acceptors (Lipinski definition) is 13. The van der Waals surface area contributed by atoms with Crippen LogP contribution in [0.2, 0.25) is 0 Å². The number of aryl methyl sites for hydroxylation is 2. The number of benzene rings is 3. The van der Waals surface area contributed by atoms with Gasteiger partial charge in [-0.25, -0.2) is 0 Å². The van der Waals surface area contributed by atoms with Crippen LogP contribution < -0.4 is 31.6 Å². The molecule has 0 amide bonds. The van der Waals surface area contributed by atoms with Crippen LogP contribution in [-0.4, -0.2) is 101 Å². The molecular weight excluding hydrogens is 698 g/mol. The Kier molecular flexibility index (Phi) is 11.3. The number of ketones is 2. The van der Waals surface area contributed by atoms with Crippen molar-refractivity contribution in [3.05, 3.63) is 111 Å². The molecule has 0 unspecified atom stereocenters. The average molecular weight is 744 g/mol. The zero-order chi connectivity index (χ0) is 38.7. The second-order valence-electron chi connectivity index (χ2n) is 13.4. The highest BCUT2D eigenvalue weighted by Crippen LogP contribution is 2.43. The number of allylic oxidation sites excluding steroid dienone is 2. The summed E-state index contributed by atoms with van der Waals surface area (Å²) in [6.07, 6.45) is -2.26. The summed E-state index contributed by atoms with van der Waals surface area (Å²) in [7, 11) is 2.85. The maximum Gasteiger partial charge on any atom is 0.229 e. The minimum absolute atomic E-state index is 0.00396. The third-order valence-electron chi connectivity index (χ3n) is 10.2. The molecule has 1 fully saturated rings. The number of aliphatic hydroxyl groups is 4. The molecule has 0 radical (unpaired) electrons. The smallest absolute Gasteiger partial charge is 0.229 e. The highest BCUT2D eigenvalue weighted by Gasteiger charge is 2.55. The van der Waals surface area contributed by atoms with E-state index in [0.29, 0.717) is 36.3 Å². The van der Waals surface area contributed by atoms with Crippen molar-refractivity contribution in [3.63, 3.8) is 0 Å². The highest BCUT2D eigenvalue weighted by molar-refractivity contribution is 6.30. The van der Waals surface area contributed by atoms with Crippen LogP contribution in [0.15, 0.2) is 77.1 Å². The van der Waals surface area contributed by atoms with E-state index in [-0.39, 0.29) is 59.1 Å². The van der Waals surface area contributed by atoms with E-state index in [1.807, 2.05) is 36.4 Å². The van der Waals surface area contributed by atoms with Gasteiger partial charge in [-0.3, -0.25) is 14.6 Å². The van der Waals surface area contributed by atoms with E-state index in [4.69, 9.17) is 25.7 Å². The largest absolute Gasteiger partial charge is 0.507 e. The molecule has 0 spiro atoms. The van der Waals surface area contributed by atoms with Crippen LogP contribution in [0.5, 0.6) is 17.2 Å². The lowest BCUT2D eigenvalue weighted by Crippen LogP contribution is -2.67. The number of carbonyl (C=O) groups excluding carboxylic acids is 2. The Morgan fingerprint density at radius 1 is 1.07 bits per heavy atom. The fourth-order valence-corrected chi connectivity index (χ4v) is 7.12. The number of nitrogens with two attached hydrogens (primary N) is 2. The summed E-state index contributed by atoms with van der Waals surface area (Å²) in [5.41, 5.74) is 11.8. The first-order valence-electron chi connectivity index (χ1n) is 17.5. The average Bonchev–Trinajstić information content (AvgIpc) is 3.18. The van der Waals surface area contributed by atoms with Crippen LogP contribution in [0.3, 0.4) is 0 Å². The van der Waals surface area contributed by atoms with Gasteiger partial charge in [0.1, 0.15) is 41.2 Å². The number of hydrogen-bond donors (Lipinski definition) is 9. The van der Waals surface area contributed by atoms with Gasteiger partial charge < -0.3 is 61.8 Å². The number of nitrogens with one attached hydrogen (secondary N) is 2. The summed E-state index contributed by atoms with van der Waals surface area (Å²) < 4.78 is 17.3. The summed E-state index contributed by atoms with van der Waals surface area (Å²) in [6, 6.07) is 13.9. The molecule has 3 aliphatic rings. The topological polar surface area (TPSA) is 251 Å². The Bertz CT molecular complexity index is 2010. The van der Waals surface area contributed by atoms with Crippen LogP contribution in [0, 0.1) is 0 Å². The third-order valence-corrected chi connectivity index (χ3v) is 10.2. The SMILES string of the molecule is CN=C(N)NCc1c(CCc2ccccc2)cc2c(c1O)C(=O)c1c(O[C@@H]3O[C@H](CO)[C@](O)(CCC4=CCNC(N)=C4)[C@H](O)[C@H]3O)cc(OC)cc1C2=O. The van der Waals surface area contributed by atoms with Crippen molar-refractivity contribution < 1.29 is 49.3 Å². The van der Waals surface area contributed by atoms with Gasteiger partial charge in [0.15, 0.2) is 11.7 Å². The monoisotopic (exact) mass is 743 g/mol. The number of fused-ring (bicyclic) bond motifs is 2. The number of ether oxygens (including phenoxy) is 3. The van der Waals surface area contributed by atoms with Crippen LogP contribution in [0.4, 0.5) is 0 Å². The lowest BCUT2D eigenvalue weighted by molar-refractivity contribution is -0.314. The zero-order valence-corrected chi connectivity index (χ0v) is 29.9. The van der Waals surface area contributed by atoms with E-state index in [2.05, 4.69) is 15.6 Å². The summed E-state index contributed by atoms with van der Waals surface area (Å²) >= 11 is 0. The van der Waals surface area contributed by atoms with Crippen LogP contribution in [-0.2, 0) is 24.1 Å². The molecule has 1 aliphatic carbocycles. The molecule has 15 nitrogen and oxygen atoms in total. The first kappa shape index (κ1) is 38.3. The predicted octanol–water partition coefficient (Wildman–Crippen LogP) is 0.654. The Balaban J connectivity index is 1.34. The maximum atomic E-state index is 14.4. The molecule has 0 aromatic heterocycles. The summed E-state index contributed by atoms with van der Waals surface area (Å²) in [5, 5.41) is 62.0. The molecule has 15 heteroatoms. The fourth-order valence-electron chi connectivity index (χ4n) is 7.12. The number of carbonyl (C=O) groups is 2. The number of nitrogens with zero attached hydrogens (tertiary/aromatic N) is 1. The lowest BCUT2D eigenvalue weighted by atomic mass is 9.79. The predicted molar refractivity (Wildman–Crippen MR) is 197 cm³/mol. The summed E-state index contributed by atoms with van der Waals surface area (Å²) in [6.45, 7) is -0.290. The lowest BCUT2D eigenvalue weighted by Gasteiger charge is -2.48. The molecule has 11 N–H and O–H groups in total. The van der Waals surface area contributed by atoms with E-state index < -0.39 is 54.1 Å². The molecule has 1 saturated heterocycles. The summed E-state index contributed by atoms with van der Waals surface area (Å²) in [4.78, 5) is 32.6. The number of phenolic OH excluding ortho intramolecular Hbond substituents is 1. The molecule has 3 aromatic carbocycles. The van der Waals surface area contributed by atoms with Gasteiger partial charge in [0.2, 0.25) is 12.1 Å². The first-order chi connectivity index (χ1) is 25.9. The minimum atomic E-state index is -2.11. The van der Waals surface area contributed by atoms with E-state index in [1.165, 1.54) is 26.3 Å². The quantitative estimate of drug-likeness (QED) is 0.0714. The first-order valence-corrected chi connectivity index (χ1v) is 17.5. The molecule has 54 heavy (non-hydrogen) atoms. The van der Waals surface area contributed by atoms with Crippen molar-refractivity contribution >= 4 is 17.5 Å². The van der Waals surface area contributed by atoms with Gasteiger partial charge in [-0.15, -0.1) is 0 Å². The Morgan fingerprint density at radius 3 is 2.50 bits per heavy atom. The van der Waals surface area contributed by atoms with Crippen molar-refractivity contribution in [2.24, 2.45) is 16.5 Å². The number of rotatable bonds is 12. The molecular formula is C39H45N5O10.